The van der Waals surface area contributed by atoms with Gasteiger partial charge in [0.1, 0.15) is 11.4 Å². The maximum Gasteiger partial charge on any atom is 0.211 e. The van der Waals surface area contributed by atoms with Crippen molar-refractivity contribution >= 4 is 43.3 Å². The van der Waals surface area contributed by atoms with Gasteiger partial charge in [-0.15, -0.1) is 0 Å². The lowest BCUT2D eigenvalue weighted by atomic mass is 10.0. The van der Waals surface area contributed by atoms with E-state index in [2.05, 4.69) is 67.5 Å². The summed E-state index contributed by atoms with van der Waals surface area (Å²) in [5, 5.41) is 0. The first-order valence-corrected chi connectivity index (χ1v) is 12.8. The summed E-state index contributed by atoms with van der Waals surface area (Å²) >= 11 is 7.20. The molecule has 0 bridgehead atoms. The molecule has 0 aliphatic rings. The van der Waals surface area contributed by atoms with Gasteiger partial charge in [0, 0.05) is 24.5 Å². The molecular formula is C24H30Br2N4O2. The molecule has 0 aliphatic carbocycles. The van der Waals surface area contributed by atoms with E-state index in [9.17, 15) is 4.79 Å². The molecule has 0 amide bonds. The molecule has 2 aromatic heterocycles. The first kappa shape index (κ1) is 24.9. The molecule has 8 heteroatoms. The van der Waals surface area contributed by atoms with Gasteiger partial charge >= 0.3 is 0 Å². The van der Waals surface area contributed by atoms with Gasteiger partial charge in [-0.1, -0.05) is 27.2 Å². The van der Waals surface area contributed by atoms with Crippen LogP contribution in [-0.4, -0.2) is 51.3 Å². The molecule has 0 N–H and O–H groups in total. The smallest absolute Gasteiger partial charge is 0.211 e. The Hall–Kier alpha value is -1.77. The largest absolute Gasteiger partial charge is 0.491 e. The molecular weight excluding hydrogens is 536 g/mol. The standard InChI is InChI=1S/C24H30Br2N4O2/c1-4-7-9-20-22(30-12-10-27-16-21(30)28-20)23(31)17-14-18(25)24(19(26)15-17)32-13-8-11-29(5-2)6-3/h10,12,14-16H,4-9,11,13H2,1-3H3. The van der Waals surface area contributed by atoms with E-state index in [0.29, 0.717) is 23.5 Å². The van der Waals surface area contributed by atoms with Crippen LogP contribution in [0.25, 0.3) is 5.65 Å². The van der Waals surface area contributed by atoms with Gasteiger partial charge in [-0.05, 0) is 76.3 Å². The third-order valence-corrected chi connectivity index (χ3v) is 6.68. The van der Waals surface area contributed by atoms with E-state index < -0.39 is 0 Å². The van der Waals surface area contributed by atoms with Gasteiger partial charge in [0.05, 0.1) is 27.4 Å². The summed E-state index contributed by atoms with van der Waals surface area (Å²) in [5.41, 5.74) is 2.68. The Labute approximate surface area is 206 Å². The molecule has 0 aliphatic heterocycles. The van der Waals surface area contributed by atoms with Crippen LogP contribution in [0.1, 0.15) is 61.8 Å². The van der Waals surface area contributed by atoms with Crippen molar-refractivity contribution in [3.05, 3.63) is 56.6 Å². The van der Waals surface area contributed by atoms with Crippen LogP contribution in [0.4, 0.5) is 0 Å². The van der Waals surface area contributed by atoms with Crippen LogP contribution in [-0.2, 0) is 6.42 Å². The summed E-state index contributed by atoms with van der Waals surface area (Å²) in [5.74, 6) is 0.652. The average molecular weight is 566 g/mol. The summed E-state index contributed by atoms with van der Waals surface area (Å²) in [7, 11) is 0. The Balaban J connectivity index is 1.82. The van der Waals surface area contributed by atoms with Gasteiger partial charge in [0.2, 0.25) is 5.78 Å². The van der Waals surface area contributed by atoms with Crippen LogP contribution >= 0.6 is 31.9 Å². The number of carbonyl (C=O) groups is 1. The summed E-state index contributed by atoms with van der Waals surface area (Å²) in [4.78, 5) is 24.7. The quantitative estimate of drug-likeness (QED) is 0.201. The molecule has 0 saturated heterocycles. The lowest BCUT2D eigenvalue weighted by molar-refractivity contribution is 0.103. The number of hydrogen-bond donors (Lipinski definition) is 0. The second-order valence-electron chi connectivity index (χ2n) is 7.64. The first-order valence-electron chi connectivity index (χ1n) is 11.2. The van der Waals surface area contributed by atoms with Gasteiger partial charge in [0.25, 0.3) is 0 Å². The Morgan fingerprint density at radius 3 is 2.50 bits per heavy atom. The fraction of sp³-hybridized carbons (Fsp3) is 0.458. The lowest BCUT2D eigenvalue weighted by Crippen LogP contribution is -2.25. The molecule has 0 atom stereocenters. The van der Waals surface area contributed by atoms with Crippen molar-refractivity contribution in [1.29, 1.82) is 0 Å². The van der Waals surface area contributed by atoms with Crippen molar-refractivity contribution in [2.45, 2.75) is 46.5 Å². The van der Waals surface area contributed by atoms with Crippen molar-refractivity contribution < 1.29 is 9.53 Å². The van der Waals surface area contributed by atoms with Crippen molar-refractivity contribution in [2.24, 2.45) is 0 Å². The summed E-state index contributed by atoms with van der Waals surface area (Å²) in [6.07, 6.45) is 8.88. The summed E-state index contributed by atoms with van der Waals surface area (Å²) < 4.78 is 9.36. The second kappa shape index (κ2) is 11.9. The minimum Gasteiger partial charge on any atom is -0.491 e. The zero-order valence-electron chi connectivity index (χ0n) is 18.9. The first-order chi connectivity index (χ1) is 15.5. The van der Waals surface area contributed by atoms with E-state index in [0.717, 1.165) is 65.7 Å². The minimum atomic E-state index is -0.0655. The van der Waals surface area contributed by atoms with E-state index in [-0.39, 0.29) is 5.78 Å². The number of imidazole rings is 1. The minimum absolute atomic E-state index is 0.0655. The van der Waals surface area contributed by atoms with Crippen molar-refractivity contribution in [3.8, 4) is 5.75 Å². The number of nitrogens with zero attached hydrogens (tertiary/aromatic N) is 4. The number of aromatic nitrogens is 3. The van der Waals surface area contributed by atoms with Crippen LogP contribution in [0.3, 0.4) is 0 Å². The summed E-state index contributed by atoms with van der Waals surface area (Å²) in [6.45, 7) is 10.2. The molecule has 6 nitrogen and oxygen atoms in total. The number of fused-ring (bicyclic) bond motifs is 1. The Bertz CT molecular complexity index is 1040. The fourth-order valence-corrected chi connectivity index (χ4v) is 5.10. The maximum atomic E-state index is 13.6. The number of ketones is 1. The number of rotatable bonds is 12. The Morgan fingerprint density at radius 2 is 1.84 bits per heavy atom. The number of halogens is 2. The van der Waals surface area contributed by atoms with Crippen LogP contribution in [0.15, 0.2) is 39.7 Å². The number of carbonyl (C=O) groups excluding carboxylic acids is 1. The molecule has 3 rings (SSSR count). The molecule has 0 radical (unpaired) electrons. The van der Waals surface area contributed by atoms with Crippen molar-refractivity contribution in [3.63, 3.8) is 0 Å². The zero-order chi connectivity index (χ0) is 23.1. The van der Waals surface area contributed by atoms with Gasteiger partial charge in [-0.3, -0.25) is 14.2 Å². The van der Waals surface area contributed by atoms with Crippen molar-refractivity contribution in [2.75, 3.05) is 26.2 Å². The SMILES string of the molecule is CCCCc1nc2cnccn2c1C(=O)c1cc(Br)c(OCCCN(CC)CC)c(Br)c1. The normalized spacial score (nSPS) is 11.4. The molecule has 32 heavy (non-hydrogen) atoms. The number of benzene rings is 1. The van der Waals surface area contributed by atoms with Crippen LogP contribution in [0.5, 0.6) is 5.75 Å². The van der Waals surface area contributed by atoms with E-state index in [4.69, 9.17) is 4.74 Å². The molecule has 0 fully saturated rings. The number of ether oxygens (including phenoxy) is 1. The third kappa shape index (κ3) is 5.77. The zero-order valence-corrected chi connectivity index (χ0v) is 22.1. The summed E-state index contributed by atoms with van der Waals surface area (Å²) in [6, 6.07) is 3.66. The van der Waals surface area contributed by atoms with E-state index in [1.807, 2.05) is 16.5 Å². The highest BCUT2D eigenvalue weighted by atomic mass is 79.9. The molecule has 0 saturated carbocycles. The third-order valence-electron chi connectivity index (χ3n) is 5.50. The highest BCUT2D eigenvalue weighted by Crippen LogP contribution is 2.36. The second-order valence-corrected chi connectivity index (χ2v) is 9.35. The fourth-order valence-electron chi connectivity index (χ4n) is 3.68. The molecule has 3 aromatic rings. The van der Waals surface area contributed by atoms with E-state index in [1.165, 1.54) is 0 Å². The predicted octanol–water partition coefficient (Wildman–Crippen LogP) is 5.94. The molecule has 172 valence electrons. The highest BCUT2D eigenvalue weighted by Gasteiger charge is 2.22. The van der Waals surface area contributed by atoms with Gasteiger partial charge in [-0.2, -0.15) is 0 Å². The monoisotopic (exact) mass is 564 g/mol. The average Bonchev–Trinajstić information content (AvgIpc) is 3.16. The predicted molar refractivity (Wildman–Crippen MR) is 135 cm³/mol. The Morgan fingerprint density at radius 1 is 1.12 bits per heavy atom. The van der Waals surface area contributed by atoms with Crippen LogP contribution < -0.4 is 4.74 Å². The number of unbranched alkanes of at least 4 members (excludes halogenated alkanes) is 1. The topological polar surface area (TPSA) is 59.7 Å². The molecule has 1 aromatic carbocycles. The van der Waals surface area contributed by atoms with E-state index in [1.54, 1.807) is 18.6 Å². The molecule has 0 unspecified atom stereocenters. The maximum absolute atomic E-state index is 13.6. The molecule has 2 heterocycles. The Kier molecular flexibility index (Phi) is 9.25. The van der Waals surface area contributed by atoms with Crippen LogP contribution in [0.2, 0.25) is 0 Å². The van der Waals surface area contributed by atoms with Gasteiger partial charge in [-0.25, -0.2) is 4.98 Å². The van der Waals surface area contributed by atoms with Gasteiger partial charge < -0.3 is 9.64 Å². The van der Waals surface area contributed by atoms with E-state index >= 15 is 0 Å². The lowest BCUT2D eigenvalue weighted by Gasteiger charge is -2.18. The van der Waals surface area contributed by atoms with Crippen LogP contribution in [0, 0.1) is 0 Å². The van der Waals surface area contributed by atoms with Crippen molar-refractivity contribution in [1.82, 2.24) is 19.3 Å². The molecule has 0 spiro atoms. The number of aryl methyl sites for hydroxylation is 1. The number of hydrogen-bond acceptors (Lipinski definition) is 5. The highest BCUT2D eigenvalue weighted by molar-refractivity contribution is 9.11. The van der Waals surface area contributed by atoms with Gasteiger partial charge in [0.15, 0.2) is 5.65 Å².